The molecular formula is C27H36ClN3O4S. The largest absolute Gasteiger partial charge is 0.352 e. The highest BCUT2D eigenvalue weighted by atomic mass is 35.5. The zero-order valence-corrected chi connectivity index (χ0v) is 22.8. The summed E-state index contributed by atoms with van der Waals surface area (Å²) in [5.41, 5.74) is 2.12. The van der Waals surface area contributed by atoms with Crippen LogP contribution in [0.2, 0.25) is 5.02 Å². The van der Waals surface area contributed by atoms with E-state index in [1.165, 1.54) is 11.3 Å². The zero-order valence-electron chi connectivity index (χ0n) is 21.2. The van der Waals surface area contributed by atoms with Gasteiger partial charge >= 0.3 is 0 Å². The first-order valence-corrected chi connectivity index (χ1v) is 14.7. The predicted molar refractivity (Wildman–Crippen MR) is 144 cm³/mol. The molecule has 196 valence electrons. The number of nitrogens with one attached hydrogen (secondary N) is 1. The Morgan fingerprint density at radius 3 is 2.31 bits per heavy atom. The number of hydrogen-bond acceptors (Lipinski definition) is 4. The number of aryl methyl sites for hydroxylation is 1. The smallest absolute Gasteiger partial charge is 0.244 e. The highest BCUT2D eigenvalue weighted by molar-refractivity contribution is 7.92. The molecule has 2 aromatic rings. The van der Waals surface area contributed by atoms with Crippen LogP contribution in [-0.4, -0.2) is 50.0 Å². The molecule has 0 aromatic heterocycles. The average Bonchev–Trinajstić information content (AvgIpc) is 2.84. The van der Waals surface area contributed by atoms with Gasteiger partial charge in [-0.2, -0.15) is 0 Å². The van der Waals surface area contributed by atoms with Crippen LogP contribution in [-0.2, 0) is 26.2 Å². The van der Waals surface area contributed by atoms with Crippen molar-refractivity contribution in [3.05, 3.63) is 64.7 Å². The number of carbonyl (C=O) groups excluding carboxylic acids is 2. The SMILES string of the molecule is CC[C@@H](C(=O)NC1CCCCC1)N(Cc1ccccc1C)C(=O)CN(c1ccccc1Cl)S(C)(=O)=O. The maximum atomic E-state index is 13.8. The number of halogens is 1. The lowest BCUT2D eigenvalue weighted by Crippen LogP contribution is -2.54. The number of para-hydroxylation sites is 1. The van der Waals surface area contributed by atoms with Gasteiger partial charge in [-0.05, 0) is 49.4 Å². The number of carbonyl (C=O) groups is 2. The first-order valence-electron chi connectivity index (χ1n) is 12.5. The van der Waals surface area contributed by atoms with Crippen molar-refractivity contribution in [2.75, 3.05) is 17.1 Å². The van der Waals surface area contributed by atoms with E-state index in [0.29, 0.717) is 6.42 Å². The minimum atomic E-state index is -3.82. The van der Waals surface area contributed by atoms with Crippen LogP contribution in [0.15, 0.2) is 48.5 Å². The van der Waals surface area contributed by atoms with Gasteiger partial charge in [-0.1, -0.05) is 74.2 Å². The summed E-state index contributed by atoms with van der Waals surface area (Å²) in [5.74, 6) is -0.663. The summed E-state index contributed by atoms with van der Waals surface area (Å²) in [5, 5.41) is 3.37. The lowest BCUT2D eigenvalue weighted by Gasteiger charge is -2.34. The van der Waals surface area contributed by atoms with Crippen molar-refractivity contribution >= 4 is 39.1 Å². The number of hydrogen-bond donors (Lipinski definition) is 1. The molecule has 1 aliphatic carbocycles. The van der Waals surface area contributed by atoms with E-state index >= 15 is 0 Å². The van der Waals surface area contributed by atoms with E-state index in [4.69, 9.17) is 11.6 Å². The molecular weight excluding hydrogens is 498 g/mol. The number of rotatable bonds is 10. The Hall–Kier alpha value is -2.58. The van der Waals surface area contributed by atoms with Crippen molar-refractivity contribution in [2.24, 2.45) is 0 Å². The lowest BCUT2D eigenvalue weighted by molar-refractivity contribution is -0.140. The molecule has 0 saturated heterocycles. The van der Waals surface area contributed by atoms with Gasteiger partial charge in [-0.3, -0.25) is 13.9 Å². The van der Waals surface area contributed by atoms with Crippen LogP contribution in [0.5, 0.6) is 0 Å². The van der Waals surface area contributed by atoms with Gasteiger partial charge in [0.2, 0.25) is 21.8 Å². The molecule has 2 amide bonds. The van der Waals surface area contributed by atoms with Crippen LogP contribution in [0.3, 0.4) is 0 Å². The lowest BCUT2D eigenvalue weighted by atomic mass is 9.95. The summed E-state index contributed by atoms with van der Waals surface area (Å²) in [6.45, 7) is 3.56. The van der Waals surface area contributed by atoms with Gasteiger partial charge in [0.25, 0.3) is 0 Å². The Kier molecular flexibility index (Phi) is 9.79. The van der Waals surface area contributed by atoms with Gasteiger partial charge in [0.05, 0.1) is 17.0 Å². The van der Waals surface area contributed by atoms with E-state index in [1.54, 1.807) is 24.3 Å². The minimum absolute atomic E-state index is 0.103. The van der Waals surface area contributed by atoms with Crippen LogP contribution in [0.25, 0.3) is 0 Å². The molecule has 0 unspecified atom stereocenters. The first kappa shape index (κ1) is 28.0. The van der Waals surface area contributed by atoms with Crippen molar-refractivity contribution in [2.45, 2.75) is 71.0 Å². The van der Waals surface area contributed by atoms with E-state index in [2.05, 4.69) is 5.32 Å². The maximum absolute atomic E-state index is 13.8. The number of nitrogens with zero attached hydrogens (tertiary/aromatic N) is 2. The van der Waals surface area contributed by atoms with Crippen molar-refractivity contribution in [3.63, 3.8) is 0 Å². The molecule has 9 heteroatoms. The van der Waals surface area contributed by atoms with Crippen LogP contribution in [0.4, 0.5) is 5.69 Å². The van der Waals surface area contributed by atoms with E-state index in [1.807, 2.05) is 38.1 Å². The van der Waals surface area contributed by atoms with E-state index in [9.17, 15) is 18.0 Å². The Balaban J connectivity index is 1.93. The Morgan fingerprint density at radius 1 is 1.06 bits per heavy atom. The van der Waals surface area contributed by atoms with Crippen LogP contribution in [0, 0.1) is 6.92 Å². The molecule has 0 spiro atoms. The fraction of sp³-hybridized carbons (Fsp3) is 0.481. The molecule has 2 aromatic carbocycles. The average molecular weight is 534 g/mol. The standard InChI is InChI=1S/C27H36ClN3O4S/c1-4-24(27(33)29-22-14-6-5-7-15-22)30(18-21-13-9-8-12-20(21)2)26(32)19-31(36(3,34)35)25-17-11-10-16-23(25)28/h8-13,16-17,22,24H,4-7,14-15,18-19H2,1-3H3,(H,29,33)/t24-/m0/s1. The topological polar surface area (TPSA) is 86.8 Å². The van der Waals surface area contributed by atoms with Crippen LogP contribution >= 0.6 is 11.6 Å². The minimum Gasteiger partial charge on any atom is -0.352 e. The van der Waals surface area contributed by atoms with Gasteiger partial charge in [0.1, 0.15) is 12.6 Å². The number of anilines is 1. The number of amides is 2. The molecule has 0 bridgehead atoms. The summed E-state index contributed by atoms with van der Waals surface area (Å²) in [4.78, 5) is 28.7. The number of benzene rings is 2. The molecule has 36 heavy (non-hydrogen) atoms. The molecule has 1 fully saturated rings. The summed E-state index contributed by atoms with van der Waals surface area (Å²) >= 11 is 6.29. The molecule has 3 rings (SSSR count). The van der Waals surface area contributed by atoms with Crippen molar-refractivity contribution in [1.82, 2.24) is 10.2 Å². The maximum Gasteiger partial charge on any atom is 0.244 e. The Bertz CT molecular complexity index is 1170. The summed E-state index contributed by atoms with van der Waals surface area (Å²) < 4.78 is 26.4. The van der Waals surface area contributed by atoms with Crippen molar-refractivity contribution < 1.29 is 18.0 Å². The van der Waals surface area contributed by atoms with E-state index in [0.717, 1.165) is 47.4 Å². The van der Waals surface area contributed by atoms with E-state index in [-0.39, 0.29) is 29.2 Å². The zero-order chi connectivity index (χ0) is 26.3. The molecule has 1 saturated carbocycles. The highest BCUT2D eigenvalue weighted by Crippen LogP contribution is 2.28. The van der Waals surface area contributed by atoms with Gasteiger partial charge in [0, 0.05) is 12.6 Å². The molecule has 0 radical (unpaired) electrons. The molecule has 7 nitrogen and oxygen atoms in total. The van der Waals surface area contributed by atoms with E-state index < -0.39 is 28.5 Å². The van der Waals surface area contributed by atoms with Gasteiger partial charge in [0.15, 0.2) is 0 Å². The second-order valence-electron chi connectivity index (χ2n) is 9.44. The fourth-order valence-electron chi connectivity index (χ4n) is 4.68. The molecule has 1 aliphatic rings. The van der Waals surface area contributed by atoms with Gasteiger partial charge in [-0.15, -0.1) is 0 Å². The normalized spacial score (nSPS) is 15.2. The van der Waals surface area contributed by atoms with Crippen molar-refractivity contribution in [3.8, 4) is 0 Å². The quantitative estimate of drug-likeness (QED) is 0.481. The van der Waals surface area contributed by atoms with Crippen LogP contribution < -0.4 is 9.62 Å². The van der Waals surface area contributed by atoms with Gasteiger partial charge < -0.3 is 10.2 Å². The third-order valence-electron chi connectivity index (χ3n) is 6.74. The number of sulfonamides is 1. The Labute approximate surface area is 219 Å². The summed E-state index contributed by atoms with van der Waals surface area (Å²) in [6.07, 6.45) is 6.64. The monoisotopic (exact) mass is 533 g/mol. The molecule has 0 aliphatic heterocycles. The summed E-state index contributed by atoms with van der Waals surface area (Å²) in [7, 11) is -3.82. The van der Waals surface area contributed by atoms with Crippen LogP contribution in [0.1, 0.15) is 56.6 Å². The summed E-state index contributed by atoms with van der Waals surface area (Å²) in [6, 6.07) is 13.6. The fourth-order valence-corrected chi connectivity index (χ4v) is 5.83. The predicted octanol–water partition coefficient (Wildman–Crippen LogP) is 4.67. The third-order valence-corrected chi connectivity index (χ3v) is 8.19. The second-order valence-corrected chi connectivity index (χ2v) is 11.8. The Morgan fingerprint density at radius 2 is 1.69 bits per heavy atom. The first-order chi connectivity index (χ1) is 17.1. The second kappa shape index (κ2) is 12.6. The van der Waals surface area contributed by atoms with Crippen molar-refractivity contribution in [1.29, 1.82) is 0 Å². The third kappa shape index (κ3) is 7.23. The molecule has 0 heterocycles. The highest BCUT2D eigenvalue weighted by Gasteiger charge is 2.33. The van der Waals surface area contributed by atoms with Gasteiger partial charge in [-0.25, -0.2) is 8.42 Å². The molecule has 1 atom stereocenters. The molecule has 1 N–H and O–H groups in total.